The second kappa shape index (κ2) is 10.2. The second-order valence-electron chi connectivity index (χ2n) is 8.64. The van der Waals surface area contributed by atoms with Crippen molar-refractivity contribution in [3.05, 3.63) is 59.2 Å². The van der Waals surface area contributed by atoms with Crippen LogP contribution >= 0.6 is 0 Å². The molecule has 1 saturated heterocycles. The summed E-state index contributed by atoms with van der Waals surface area (Å²) in [6.07, 6.45) is -0.670. The van der Waals surface area contributed by atoms with E-state index in [2.05, 4.69) is 10.3 Å². The highest BCUT2D eigenvalue weighted by Crippen LogP contribution is 2.27. The summed E-state index contributed by atoms with van der Waals surface area (Å²) in [5.74, 6) is -1.85. The molecule has 2 aliphatic rings. The van der Waals surface area contributed by atoms with Crippen LogP contribution in [0.1, 0.15) is 29.7 Å². The summed E-state index contributed by atoms with van der Waals surface area (Å²) >= 11 is 0. The minimum Gasteiger partial charge on any atom is -0.380 e. The summed E-state index contributed by atoms with van der Waals surface area (Å²) in [6, 6.07) is 9.76. The molecule has 178 valence electrons. The van der Waals surface area contributed by atoms with Crippen molar-refractivity contribution in [1.29, 1.82) is 5.26 Å². The molecule has 2 aromatic rings. The molecule has 34 heavy (non-hydrogen) atoms. The van der Waals surface area contributed by atoms with E-state index in [-0.39, 0.29) is 31.1 Å². The monoisotopic (exact) mass is 467 g/mol. The molecular formula is C24H26FN5O4. The van der Waals surface area contributed by atoms with Crippen LogP contribution in [0, 0.1) is 23.1 Å². The topological polar surface area (TPSA) is 130 Å². The molecule has 0 radical (unpaired) electrons. The third-order valence-electron chi connectivity index (χ3n) is 6.42. The fraction of sp³-hybridized carbons (Fsp3) is 0.417. The Kier molecular flexibility index (Phi) is 7.05. The zero-order valence-electron chi connectivity index (χ0n) is 18.5. The Morgan fingerprint density at radius 2 is 1.97 bits per heavy atom. The lowest BCUT2D eigenvalue weighted by Gasteiger charge is -2.34. The molecule has 10 heteroatoms. The molecule has 2 aliphatic heterocycles. The summed E-state index contributed by atoms with van der Waals surface area (Å²) in [5.41, 5.74) is 2.57. The van der Waals surface area contributed by atoms with Crippen LogP contribution in [-0.2, 0) is 22.7 Å². The molecule has 0 unspecified atom stereocenters. The molecule has 3 N–H and O–H groups in total. The van der Waals surface area contributed by atoms with Gasteiger partial charge in [-0.05, 0) is 48.6 Å². The number of aromatic nitrogens is 1. The van der Waals surface area contributed by atoms with Crippen LogP contribution < -0.4 is 10.2 Å². The molecule has 1 aromatic carbocycles. The molecule has 0 spiro atoms. The van der Waals surface area contributed by atoms with E-state index in [0.717, 1.165) is 24.1 Å². The maximum atomic E-state index is 13.4. The number of nitrogens with zero attached hydrogens (tertiary/aromatic N) is 4. The number of amides is 2. The molecule has 0 aliphatic carbocycles. The number of rotatable bonds is 6. The maximum absolute atomic E-state index is 13.4. The smallest absolute Gasteiger partial charge is 0.255 e. The highest BCUT2D eigenvalue weighted by atomic mass is 19.1. The number of anilines is 1. The number of hydrogen-bond donors (Lipinski definition) is 3. The van der Waals surface area contributed by atoms with Gasteiger partial charge in [0.2, 0.25) is 0 Å². The van der Waals surface area contributed by atoms with Gasteiger partial charge in [-0.2, -0.15) is 5.26 Å². The number of carbonyl (C=O) groups excluding carboxylic acids is 2. The van der Waals surface area contributed by atoms with E-state index in [9.17, 15) is 29.5 Å². The molecule has 1 fully saturated rings. The van der Waals surface area contributed by atoms with Gasteiger partial charge in [0.1, 0.15) is 11.9 Å². The number of nitriles is 1. The van der Waals surface area contributed by atoms with Crippen molar-refractivity contribution in [2.24, 2.45) is 5.92 Å². The summed E-state index contributed by atoms with van der Waals surface area (Å²) in [7, 11) is 0. The third kappa shape index (κ3) is 5.00. The molecule has 0 saturated carbocycles. The fourth-order valence-electron chi connectivity index (χ4n) is 4.42. The molecule has 3 heterocycles. The maximum Gasteiger partial charge on any atom is 0.255 e. The third-order valence-corrected chi connectivity index (χ3v) is 6.42. The predicted molar refractivity (Wildman–Crippen MR) is 120 cm³/mol. The SMILES string of the molecule is N#Cc1cc(F)ccc1N1CCC(CNC(=O)[C@H](O)[C@@H](O)C(=O)N2Cc3cccnc3C2)CC1. The van der Waals surface area contributed by atoms with Crippen molar-refractivity contribution in [2.75, 3.05) is 24.5 Å². The van der Waals surface area contributed by atoms with Crippen LogP contribution in [0.25, 0.3) is 0 Å². The lowest BCUT2D eigenvalue weighted by molar-refractivity contribution is -0.153. The van der Waals surface area contributed by atoms with Crippen molar-refractivity contribution in [2.45, 2.75) is 38.1 Å². The quantitative estimate of drug-likeness (QED) is 0.570. The number of pyridine rings is 1. The van der Waals surface area contributed by atoms with E-state index in [1.807, 2.05) is 17.0 Å². The Morgan fingerprint density at radius 3 is 2.68 bits per heavy atom. The largest absolute Gasteiger partial charge is 0.380 e. The van der Waals surface area contributed by atoms with Crippen molar-refractivity contribution in [3.63, 3.8) is 0 Å². The highest BCUT2D eigenvalue weighted by Gasteiger charge is 2.36. The van der Waals surface area contributed by atoms with Gasteiger partial charge in [0, 0.05) is 32.4 Å². The average Bonchev–Trinajstić information content (AvgIpc) is 3.30. The Bertz CT molecular complexity index is 1090. The van der Waals surface area contributed by atoms with Gasteiger partial charge in [-0.15, -0.1) is 0 Å². The summed E-state index contributed by atoms with van der Waals surface area (Å²) in [6.45, 7) is 2.05. The molecule has 4 rings (SSSR count). The molecule has 2 amide bonds. The standard InChI is InChI=1S/C24H26FN5O4/c25-18-3-4-20(17(10-18)11-26)29-8-5-15(6-9-29)12-28-23(33)21(31)22(32)24(34)30-13-16-2-1-7-27-19(16)14-30/h1-4,7,10,15,21-22,31-32H,5-6,8-9,12-14H2,(H,28,33)/t21-,22-/m1/s1. The number of aliphatic hydroxyl groups is 2. The van der Waals surface area contributed by atoms with E-state index >= 15 is 0 Å². The number of fused-ring (bicyclic) bond motifs is 1. The first-order valence-corrected chi connectivity index (χ1v) is 11.2. The second-order valence-corrected chi connectivity index (χ2v) is 8.64. The van der Waals surface area contributed by atoms with E-state index in [1.54, 1.807) is 18.3 Å². The van der Waals surface area contributed by atoms with Gasteiger partial charge in [0.05, 0.1) is 23.5 Å². The number of benzene rings is 1. The minimum atomic E-state index is -1.87. The zero-order chi connectivity index (χ0) is 24.2. The predicted octanol–water partition coefficient (Wildman–Crippen LogP) is 0.689. The van der Waals surface area contributed by atoms with Crippen molar-refractivity contribution in [1.82, 2.24) is 15.2 Å². The number of halogens is 1. The highest BCUT2D eigenvalue weighted by molar-refractivity contribution is 5.90. The lowest BCUT2D eigenvalue weighted by Crippen LogP contribution is -2.50. The number of hydrogen-bond acceptors (Lipinski definition) is 7. The number of aliphatic hydroxyl groups excluding tert-OH is 2. The van der Waals surface area contributed by atoms with Crippen LogP contribution in [0.5, 0.6) is 0 Å². The average molecular weight is 468 g/mol. The number of nitrogens with one attached hydrogen (secondary N) is 1. The van der Waals surface area contributed by atoms with Gasteiger partial charge in [-0.1, -0.05) is 6.07 Å². The normalized spacial score (nSPS) is 17.6. The van der Waals surface area contributed by atoms with E-state index in [0.29, 0.717) is 18.8 Å². The fourth-order valence-corrected chi connectivity index (χ4v) is 4.42. The minimum absolute atomic E-state index is 0.130. The summed E-state index contributed by atoms with van der Waals surface area (Å²) < 4.78 is 13.4. The van der Waals surface area contributed by atoms with Gasteiger partial charge >= 0.3 is 0 Å². The molecule has 9 nitrogen and oxygen atoms in total. The van der Waals surface area contributed by atoms with Crippen LogP contribution in [-0.4, -0.2) is 63.8 Å². The first-order valence-electron chi connectivity index (χ1n) is 11.2. The van der Waals surface area contributed by atoms with E-state index < -0.39 is 29.8 Å². The van der Waals surface area contributed by atoms with Crippen molar-refractivity contribution in [3.8, 4) is 6.07 Å². The number of piperidine rings is 1. The number of carbonyl (C=O) groups is 2. The van der Waals surface area contributed by atoms with Crippen molar-refractivity contribution < 1.29 is 24.2 Å². The van der Waals surface area contributed by atoms with Crippen LogP contribution in [0.2, 0.25) is 0 Å². The van der Waals surface area contributed by atoms with Crippen LogP contribution in [0.3, 0.4) is 0 Å². The van der Waals surface area contributed by atoms with Gasteiger partial charge in [-0.3, -0.25) is 14.6 Å². The van der Waals surface area contributed by atoms with E-state index in [4.69, 9.17) is 0 Å². The molecule has 2 atom stereocenters. The Hall–Kier alpha value is -3.55. The van der Waals surface area contributed by atoms with Gasteiger partial charge < -0.3 is 25.3 Å². The Balaban J connectivity index is 1.24. The van der Waals surface area contributed by atoms with Gasteiger partial charge in [0.15, 0.2) is 12.2 Å². The lowest BCUT2D eigenvalue weighted by atomic mass is 9.95. The first kappa shape index (κ1) is 23.6. The summed E-state index contributed by atoms with van der Waals surface area (Å²) in [4.78, 5) is 32.5. The van der Waals surface area contributed by atoms with E-state index in [1.165, 1.54) is 17.0 Å². The van der Waals surface area contributed by atoms with Crippen molar-refractivity contribution >= 4 is 17.5 Å². The Labute approximate surface area is 196 Å². The van der Waals surface area contributed by atoms with Crippen LogP contribution in [0.4, 0.5) is 10.1 Å². The Morgan fingerprint density at radius 1 is 1.21 bits per heavy atom. The van der Waals surface area contributed by atoms with Gasteiger partial charge in [0.25, 0.3) is 11.8 Å². The van der Waals surface area contributed by atoms with Crippen LogP contribution in [0.15, 0.2) is 36.5 Å². The first-order chi connectivity index (χ1) is 16.4. The summed E-state index contributed by atoms with van der Waals surface area (Å²) in [5, 5.41) is 32.4. The van der Waals surface area contributed by atoms with Gasteiger partial charge in [-0.25, -0.2) is 4.39 Å². The molecule has 0 bridgehead atoms. The zero-order valence-corrected chi connectivity index (χ0v) is 18.5. The molecule has 1 aromatic heterocycles. The molecular weight excluding hydrogens is 441 g/mol.